The number of benzene rings is 2. The Hall–Kier alpha value is -3.76. The Morgan fingerprint density at radius 3 is 2.41 bits per heavy atom. The van der Waals surface area contributed by atoms with E-state index in [0.29, 0.717) is 79.4 Å². The summed E-state index contributed by atoms with van der Waals surface area (Å²) in [7, 11) is 4.64. The zero-order chi connectivity index (χ0) is 29.8. The van der Waals surface area contributed by atoms with Gasteiger partial charge in [0.2, 0.25) is 0 Å². The molecule has 0 unspecified atom stereocenters. The maximum absolute atomic E-state index is 14.1. The van der Waals surface area contributed by atoms with E-state index in [1.807, 2.05) is 20.8 Å². The number of allylic oxidation sites excluding steroid dienone is 1. The molecule has 0 saturated heterocycles. The minimum absolute atomic E-state index is 0.191. The van der Waals surface area contributed by atoms with Gasteiger partial charge in [-0.15, -0.1) is 0 Å². The number of rotatable bonds is 10. The molecule has 4 rings (SSSR count). The largest absolute Gasteiger partial charge is 0.497 e. The summed E-state index contributed by atoms with van der Waals surface area (Å²) in [6.45, 7) is 8.95. The zero-order valence-electron chi connectivity index (χ0n) is 24.2. The molecule has 1 amide bonds. The third kappa shape index (κ3) is 5.71. The fourth-order valence-electron chi connectivity index (χ4n) is 4.91. The predicted molar refractivity (Wildman–Crippen MR) is 160 cm³/mol. The van der Waals surface area contributed by atoms with Crippen LogP contribution in [0.1, 0.15) is 44.9 Å². The zero-order valence-corrected chi connectivity index (χ0v) is 25.8. The van der Waals surface area contributed by atoms with E-state index in [0.717, 1.165) is 0 Å². The molecule has 41 heavy (non-hydrogen) atoms. The summed E-state index contributed by atoms with van der Waals surface area (Å²) in [6, 6.07) is 8.04. The van der Waals surface area contributed by atoms with Crippen LogP contribution in [0.2, 0.25) is 5.02 Å². The lowest BCUT2D eigenvalue weighted by Crippen LogP contribution is -2.43. The maximum Gasteiger partial charge on any atom is 0.271 e. The van der Waals surface area contributed by atoms with Crippen LogP contribution in [0.15, 0.2) is 51.4 Å². The molecule has 2 aromatic carbocycles. The summed E-state index contributed by atoms with van der Waals surface area (Å²) in [5, 5.41) is 0.361. The molecule has 0 fully saturated rings. The summed E-state index contributed by atoms with van der Waals surface area (Å²) in [5.41, 5.74) is 1.93. The molecule has 0 N–H and O–H groups in total. The van der Waals surface area contributed by atoms with Gasteiger partial charge in [0.1, 0.15) is 17.5 Å². The van der Waals surface area contributed by atoms with Crippen molar-refractivity contribution >= 4 is 34.9 Å². The lowest BCUT2D eigenvalue weighted by Gasteiger charge is -2.30. The van der Waals surface area contributed by atoms with E-state index in [1.165, 1.54) is 18.4 Å². The summed E-state index contributed by atoms with van der Waals surface area (Å²) in [5.74, 6) is 1.80. The van der Waals surface area contributed by atoms with Gasteiger partial charge in [0.15, 0.2) is 16.3 Å². The van der Waals surface area contributed by atoms with Crippen LogP contribution in [-0.2, 0) is 4.79 Å². The molecule has 0 spiro atoms. The number of methoxy groups -OCH3 is 3. The van der Waals surface area contributed by atoms with Gasteiger partial charge in [0.05, 0.1) is 48.8 Å². The van der Waals surface area contributed by atoms with Gasteiger partial charge < -0.3 is 23.8 Å². The first-order chi connectivity index (χ1) is 19.7. The highest BCUT2D eigenvalue weighted by Crippen LogP contribution is 2.39. The van der Waals surface area contributed by atoms with E-state index in [4.69, 9.17) is 35.5 Å². The number of likely N-dealkylation sites (N-methyl/N-ethyl adjacent to an activating group) is 1. The third-order valence-electron chi connectivity index (χ3n) is 6.87. The highest BCUT2D eigenvalue weighted by atomic mass is 35.5. The number of carbonyl (C=O) groups excluding carboxylic acids is 1. The molecule has 9 nitrogen and oxygen atoms in total. The molecule has 0 radical (unpaired) electrons. The van der Waals surface area contributed by atoms with E-state index in [-0.39, 0.29) is 11.5 Å². The molecule has 218 valence electrons. The van der Waals surface area contributed by atoms with E-state index in [2.05, 4.69) is 0 Å². The topological polar surface area (TPSA) is 91.6 Å². The number of aromatic nitrogens is 1. The third-order valence-corrected chi connectivity index (χ3v) is 8.13. The van der Waals surface area contributed by atoms with Gasteiger partial charge in [-0.25, -0.2) is 4.99 Å². The van der Waals surface area contributed by atoms with Gasteiger partial charge in [0.25, 0.3) is 11.5 Å². The van der Waals surface area contributed by atoms with Crippen molar-refractivity contribution in [3.63, 3.8) is 0 Å². The van der Waals surface area contributed by atoms with Gasteiger partial charge in [-0.3, -0.25) is 14.2 Å². The van der Waals surface area contributed by atoms with Crippen molar-refractivity contribution in [3.8, 4) is 23.0 Å². The van der Waals surface area contributed by atoms with E-state index in [1.54, 1.807) is 67.0 Å². The fourth-order valence-corrected chi connectivity index (χ4v) is 6.25. The van der Waals surface area contributed by atoms with Crippen LogP contribution in [0.4, 0.5) is 0 Å². The van der Waals surface area contributed by atoms with Crippen molar-refractivity contribution in [2.45, 2.75) is 33.7 Å². The van der Waals surface area contributed by atoms with Crippen molar-refractivity contribution in [2.24, 2.45) is 4.99 Å². The summed E-state index contributed by atoms with van der Waals surface area (Å²) in [4.78, 5) is 35.0. The molecule has 0 saturated carbocycles. The molecule has 11 heteroatoms. The van der Waals surface area contributed by atoms with Crippen molar-refractivity contribution in [1.82, 2.24) is 9.47 Å². The molecule has 1 aromatic heterocycles. The van der Waals surface area contributed by atoms with Crippen molar-refractivity contribution in [1.29, 1.82) is 0 Å². The highest BCUT2D eigenvalue weighted by Gasteiger charge is 2.36. The molecular formula is C30H34ClN3O6S. The number of carbonyl (C=O) groups is 1. The second-order valence-electron chi connectivity index (χ2n) is 9.13. The number of thiazole rings is 1. The minimum atomic E-state index is -0.787. The van der Waals surface area contributed by atoms with Crippen molar-refractivity contribution < 1.29 is 23.7 Å². The lowest BCUT2D eigenvalue weighted by atomic mass is 9.93. The highest BCUT2D eigenvalue weighted by molar-refractivity contribution is 7.07. The number of amides is 1. The molecule has 2 heterocycles. The Labute approximate surface area is 247 Å². The predicted octanol–water partition coefficient (Wildman–Crippen LogP) is 4.18. The number of halogens is 1. The molecule has 1 aliphatic heterocycles. The molecule has 3 aromatic rings. The van der Waals surface area contributed by atoms with Gasteiger partial charge in [-0.2, -0.15) is 0 Å². The number of hydrogen-bond acceptors (Lipinski definition) is 8. The van der Waals surface area contributed by atoms with Gasteiger partial charge in [-0.1, -0.05) is 22.9 Å². The van der Waals surface area contributed by atoms with Crippen LogP contribution in [0.5, 0.6) is 23.0 Å². The maximum atomic E-state index is 14.1. The monoisotopic (exact) mass is 599 g/mol. The number of fused-ring (bicyclic) bond motifs is 1. The molecule has 0 aliphatic carbocycles. The Morgan fingerprint density at radius 2 is 1.80 bits per heavy atom. The van der Waals surface area contributed by atoms with Gasteiger partial charge >= 0.3 is 0 Å². The van der Waals surface area contributed by atoms with E-state index >= 15 is 0 Å². The average Bonchev–Trinajstić information content (AvgIpc) is 3.26. The summed E-state index contributed by atoms with van der Waals surface area (Å²) in [6.07, 6.45) is 1.74. The summed E-state index contributed by atoms with van der Waals surface area (Å²) < 4.78 is 24.3. The quantitative estimate of drug-likeness (QED) is 0.347. The van der Waals surface area contributed by atoms with Crippen LogP contribution in [-0.4, -0.2) is 56.4 Å². The van der Waals surface area contributed by atoms with Crippen molar-refractivity contribution in [2.75, 3.05) is 41.0 Å². The second kappa shape index (κ2) is 12.8. The molecule has 1 aliphatic rings. The van der Waals surface area contributed by atoms with E-state index < -0.39 is 6.04 Å². The first-order valence-electron chi connectivity index (χ1n) is 13.3. The average molecular weight is 600 g/mol. The van der Waals surface area contributed by atoms with Crippen LogP contribution in [0, 0.1) is 0 Å². The second-order valence-corrected chi connectivity index (χ2v) is 10.6. The smallest absolute Gasteiger partial charge is 0.271 e. The van der Waals surface area contributed by atoms with Crippen LogP contribution in [0.25, 0.3) is 6.08 Å². The standard InChI is InChI=1S/C30H34ClN3O6S/c1-8-33(9-2)29(36)25-17(4)32-30-34(26(25)20-16-19(37-5)11-12-22(20)38-6)28(35)24(41-30)15-18-13-21(31)27(39-7)23(14-18)40-10-3/h11-16,26H,8-10H2,1-7H3/b24-15+/t26-/m0/s1. The Morgan fingerprint density at radius 1 is 1.07 bits per heavy atom. The number of nitrogens with zero attached hydrogens (tertiary/aromatic N) is 3. The first-order valence-corrected chi connectivity index (χ1v) is 14.5. The first kappa shape index (κ1) is 30.2. The Kier molecular flexibility index (Phi) is 9.45. The van der Waals surface area contributed by atoms with Crippen molar-refractivity contribution in [3.05, 3.63) is 77.4 Å². The number of hydrogen-bond donors (Lipinski definition) is 0. The normalized spacial score (nSPS) is 14.8. The molecule has 0 bridgehead atoms. The number of ether oxygens (including phenoxy) is 4. The van der Waals surface area contributed by atoms with Gasteiger partial charge in [-0.05, 0) is 69.7 Å². The molecule has 1 atom stereocenters. The summed E-state index contributed by atoms with van der Waals surface area (Å²) >= 11 is 7.71. The lowest BCUT2D eigenvalue weighted by molar-refractivity contribution is -0.127. The Bertz CT molecular complexity index is 1670. The van der Waals surface area contributed by atoms with Gasteiger partial charge in [0, 0.05) is 18.7 Å². The Balaban J connectivity index is 2.01. The van der Waals surface area contributed by atoms with E-state index in [9.17, 15) is 9.59 Å². The van der Waals surface area contributed by atoms with Crippen LogP contribution < -0.4 is 33.8 Å². The fraction of sp³-hybridized carbons (Fsp3) is 0.367. The van der Waals surface area contributed by atoms with Crippen LogP contribution >= 0.6 is 22.9 Å². The molecular weight excluding hydrogens is 566 g/mol. The van der Waals surface area contributed by atoms with Crippen LogP contribution in [0.3, 0.4) is 0 Å². The SMILES string of the molecule is CCOc1cc(/C=c2/sc3n(c2=O)[C@@H](c2cc(OC)ccc2OC)C(C(=O)N(CC)CC)=C(C)N=3)cc(Cl)c1OC. The minimum Gasteiger partial charge on any atom is -0.497 e.